The minimum atomic E-state index is 0.0212. The number of hydrogen-bond donors (Lipinski definition) is 0. The molecule has 0 aliphatic carbocycles. The van der Waals surface area contributed by atoms with Gasteiger partial charge in [0, 0.05) is 30.1 Å². The fourth-order valence-corrected chi connectivity index (χ4v) is 2.62. The van der Waals surface area contributed by atoms with E-state index in [1.165, 1.54) is 16.5 Å². The zero-order valence-electron chi connectivity index (χ0n) is 10.8. The molecule has 1 fully saturated rings. The van der Waals surface area contributed by atoms with Gasteiger partial charge in [0.15, 0.2) is 6.29 Å². The summed E-state index contributed by atoms with van der Waals surface area (Å²) < 4.78 is 13.2. The zero-order chi connectivity index (χ0) is 12.4. The van der Waals surface area contributed by atoms with E-state index in [1.54, 1.807) is 0 Å². The summed E-state index contributed by atoms with van der Waals surface area (Å²) in [6, 6.07) is 8.57. The summed E-state index contributed by atoms with van der Waals surface area (Å²) in [4.78, 5) is 0. The van der Waals surface area contributed by atoms with Crippen LogP contribution in [0.1, 0.15) is 18.4 Å². The number of aryl methyl sites for hydroxylation is 2. The summed E-state index contributed by atoms with van der Waals surface area (Å²) >= 11 is 0. The molecule has 1 aromatic carbocycles. The van der Waals surface area contributed by atoms with Gasteiger partial charge in [-0.05, 0) is 25.0 Å². The highest BCUT2D eigenvalue weighted by Crippen LogP contribution is 2.21. The van der Waals surface area contributed by atoms with Crippen molar-refractivity contribution < 1.29 is 9.47 Å². The first-order chi connectivity index (χ1) is 8.84. The Morgan fingerprint density at radius 1 is 1.22 bits per heavy atom. The van der Waals surface area contributed by atoms with E-state index in [0.29, 0.717) is 0 Å². The Labute approximate surface area is 107 Å². The lowest BCUT2D eigenvalue weighted by atomic mass is 10.2. The molecule has 1 aliphatic rings. The Balaban J connectivity index is 1.67. The molecule has 0 radical (unpaired) electrons. The average Bonchev–Trinajstić information content (AvgIpc) is 3.00. The van der Waals surface area contributed by atoms with Crippen LogP contribution in [0.25, 0.3) is 10.9 Å². The highest BCUT2D eigenvalue weighted by molar-refractivity contribution is 5.83. The van der Waals surface area contributed by atoms with E-state index in [9.17, 15) is 0 Å². The summed E-state index contributed by atoms with van der Waals surface area (Å²) in [6.07, 6.45) is 4.32. The lowest BCUT2D eigenvalue weighted by molar-refractivity contribution is -0.0482. The molecule has 0 amide bonds. The van der Waals surface area contributed by atoms with Gasteiger partial charge in [0.05, 0.1) is 13.2 Å². The van der Waals surface area contributed by atoms with E-state index in [0.717, 1.165) is 32.6 Å². The Kier molecular flexibility index (Phi) is 3.35. The molecule has 96 valence electrons. The van der Waals surface area contributed by atoms with Crippen molar-refractivity contribution in [2.24, 2.45) is 0 Å². The second kappa shape index (κ2) is 5.12. The number of ether oxygens (including phenoxy) is 2. The summed E-state index contributed by atoms with van der Waals surface area (Å²) in [5.41, 5.74) is 2.67. The Bertz CT molecular complexity index is 526. The molecule has 0 unspecified atom stereocenters. The van der Waals surface area contributed by atoms with Gasteiger partial charge in [-0.25, -0.2) is 0 Å². The third-order valence-electron chi connectivity index (χ3n) is 3.52. The van der Waals surface area contributed by atoms with Crippen LogP contribution in [0.3, 0.4) is 0 Å². The second-order valence-electron chi connectivity index (χ2n) is 4.84. The molecule has 3 heteroatoms. The van der Waals surface area contributed by atoms with Gasteiger partial charge in [-0.15, -0.1) is 0 Å². The van der Waals surface area contributed by atoms with Gasteiger partial charge >= 0.3 is 0 Å². The van der Waals surface area contributed by atoms with Crippen LogP contribution < -0.4 is 0 Å². The normalized spacial score (nSPS) is 16.7. The number of para-hydroxylation sites is 1. The standard InChI is InChI=1S/C15H19NO2/c1-12-11-16(14-6-3-2-5-13(12)14)8-4-7-15-17-9-10-18-15/h2-3,5-6,11,15H,4,7-10H2,1H3. The Morgan fingerprint density at radius 2 is 2.00 bits per heavy atom. The molecular weight excluding hydrogens is 226 g/mol. The minimum Gasteiger partial charge on any atom is -0.350 e. The fourth-order valence-electron chi connectivity index (χ4n) is 2.62. The molecule has 0 spiro atoms. The van der Waals surface area contributed by atoms with Crippen LogP contribution in [0.2, 0.25) is 0 Å². The lowest BCUT2D eigenvalue weighted by Gasteiger charge is -2.09. The quantitative estimate of drug-likeness (QED) is 0.826. The monoisotopic (exact) mass is 245 g/mol. The number of hydrogen-bond acceptors (Lipinski definition) is 2. The zero-order valence-corrected chi connectivity index (χ0v) is 10.8. The largest absolute Gasteiger partial charge is 0.350 e. The van der Waals surface area contributed by atoms with E-state index in [4.69, 9.17) is 9.47 Å². The minimum absolute atomic E-state index is 0.0212. The number of benzene rings is 1. The van der Waals surface area contributed by atoms with Crippen molar-refractivity contribution in [1.82, 2.24) is 4.57 Å². The average molecular weight is 245 g/mol. The maximum atomic E-state index is 5.45. The number of aromatic nitrogens is 1. The predicted octanol–water partition coefficient (Wildman–Crippen LogP) is 3.10. The van der Waals surface area contributed by atoms with E-state index >= 15 is 0 Å². The van der Waals surface area contributed by atoms with Gasteiger partial charge in [0.1, 0.15) is 0 Å². The van der Waals surface area contributed by atoms with Gasteiger partial charge in [-0.2, -0.15) is 0 Å². The predicted molar refractivity (Wildman–Crippen MR) is 71.6 cm³/mol. The second-order valence-corrected chi connectivity index (χ2v) is 4.84. The van der Waals surface area contributed by atoms with Crippen LogP contribution in [-0.4, -0.2) is 24.1 Å². The van der Waals surface area contributed by atoms with Gasteiger partial charge in [-0.3, -0.25) is 0 Å². The van der Waals surface area contributed by atoms with Crippen LogP contribution in [0, 0.1) is 6.92 Å². The summed E-state index contributed by atoms with van der Waals surface area (Å²) in [5.74, 6) is 0. The van der Waals surface area contributed by atoms with Crippen molar-refractivity contribution in [2.75, 3.05) is 13.2 Å². The molecule has 18 heavy (non-hydrogen) atoms. The highest BCUT2D eigenvalue weighted by Gasteiger charge is 2.15. The molecule has 0 atom stereocenters. The van der Waals surface area contributed by atoms with Gasteiger partial charge < -0.3 is 14.0 Å². The molecular formula is C15H19NO2. The maximum absolute atomic E-state index is 5.45. The Hall–Kier alpha value is -1.32. The number of rotatable bonds is 4. The fraction of sp³-hybridized carbons (Fsp3) is 0.467. The van der Waals surface area contributed by atoms with Crippen LogP contribution in [0.15, 0.2) is 30.5 Å². The van der Waals surface area contributed by atoms with Crippen molar-refractivity contribution in [3.05, 3.63) is 36.0 Å². The Morgan fingerprint density at radius 3 is 2.83 bits per heavy atom. The van der Waals surface area contributed by atoms with E-state index in [1.807, 2.05) is 0 Å². The van der Waals surface area contributed by atoms with Crippen LogP contribution in [-0.2, 0) is 16.0 Å². The van der Waals surface area contributed by atoms with Crippen LogP contribution in [0.4, 0.5) is 0 Å². The summed E-state index contributed by atoms with van der Waals surface area (Å²) in [5, 5.41) is 1.35. The van der Waals surface area contributed by atoms with Crippen molar-refractivity contribution in [2.45, 2.75) is 32.6 Å². The maximum Gasteiger partial charge on any atom is 0.157 e. The van der Waals surface area contributed by atoms with Crippen LogP contribution in [0.5, 0.6) is 0 Å². The first-order valence-electron chi connectivity index (χ1n) is 6.62. The number of fused-ring (bicyclic) bond motifs is 1. The highest BCUT2D eigenvalue weighted by atomic mass is 16.7. The molecule has 0 N–H and O–H groups in total. The van der Waals surface area contributed by atoms with E-state index in [2.05, 4.69) is 42.0 Å². The van der Waals surface area contributed by atoms with Gasteiger partial charge in [0.25, 0.3) is 0 Å². The SMILES string of the molecule is Cc1cn(CCCC2OCCO2)c2ccccc12. The molecule has 0 bridgehead atoms. The lowest BCUT2D eigenvalue weighted by Crippen LogP contribution is -2.08. The van der Waals surface area contributed by atoms with E-state index < -0.39 is 0 Å². The molecule has 2 aromatic rings. The molecule has 1 saturated heterocycles. The first-order valence-corrected chi connectivity index (χ1v) is 6.62. The van der Waals surface area contributed by atoms with Gasteiger partial charge in [0.2, 0.25) is 0 Å². The molecule has 2 heterocycles. The first kappa shape index (κ1) is 11.8. The van der Waals surface area contributed by atoms with Crippen molar-refractivity contribution in [1.29, 1.82) is 0 Å². The number of nitrogens with zero attached hydrogens (tertiary/aromatic N) is 1. The van der Waals surface area contributed by atoms with E-state index in [-0.39, 0.29) is 6.29 Å². The van der Waals surface area contributed by atoms with Gasteiger partial charge in [-0.1, -0.05) is 18.2 Å². The summed E-state index contributed by atoms with van der Waals surface area (Å²) in [6.45, 7) is 4.69. The van der Waals surface area contributed by atoms with Crippen molar-refractivity contribution >= 4 is 10.9 Å². The molecule has 1 aliphatic heterocycles. The van der Waals surface area contributed by atoms with Crippen LogP contribution >= 0.6 is 0 Å². The smallest absolute Gasteiger partial charge is 0.157 e. The topological polar surface area (TPSA) is 23.4 Å². The molecule has 1 aromatic heterocycles. The third kappa shape index (κ3) is 2.28. The molecule has 3 nitrogen and oxygen atoms in total. The van der Waals surface area contributed by atoms with Crippen molar-refractivity contribution in [3.8, 4) is 0 Å². The van der Waals surface area contributed by atoms with Crippen molar-refractivity contribution in [3.63, 3.8) is 0 Å². The summed E-state index contributed by atoms with van der Waals surface area (Å²) in [7, 11) is 0. The molecule has 3 rings (SSSR count). The third-order valence-corrected chi connectivity index (χ3v) is 3.52. The molecule has 0 saturated carbocycles.